The molecule has 1 saturated heterocycles. The lowest BCUT2D eigenvalue weighted by Gasteiger charge is -2.28. The predicted octanol–water partition coefficient (Wildman–Crippen LogP) is -0.544. The second-order valence-corrected chi connectivity index (χ2v) is 5.33. The van der Waals surface area contributed by atoms with Crippen molar-refractivity contribution in [1.29, 1.82) is 0 Å². The van der Waals surface area contributed by atoms with E-state index in [-0.39, 0.29) is 11.9 Å². The number of nitrogens with zero attached hydrogens (tertiary/aromatic N) is 3. The normalized spacial score (nSPS) is 27.8. The van der Waals surface area contributed by atoms with Crippen molar-refractivity contribution in [2.75, 3.05) is 13.1 Å². The number of hydrogen-bond acceptors (Lipinski definition) is 5. The van der Waals surface area contributed by atoms with E-state index in [1.165, 1.54) is 0 Å². The quantitative estimate of drug-likeness (QED) is 0.682. The maximum absolute atomic E-state index is 12.0. The number of nitrogens with one attached hydrogen (secondary N) is 2. The fourth-order valence-corrected chi connectivity index (χ4v) is 2.54. The molecular weight excluding hydrogens is 246 g/mol. The van der Waals surface area contributed by atoms with E-state index in [1.807, 2.05) is 0 Å². The number of rotatable bonds is 3. The Morgan fingerprint density at radius 3 is 2.89 bits per heavy atom. The zero-order valence-corrected chi connectivity index (χ0v) is 10.7. The number of amides is 1. The molecule has 1 aromatic rings. The van der Waals surface area contributed by atoms with Gasteiger partial charge in [0.05, 0.1) is 24.4 Å². The van der Waals surface area contributed by atoms with Gasteiger partial charge < -0.3 is 15.7 Å². The van der Waals surface area contributed by atoms with Gasteiger partial charge in [0.1, 0.15) is 0 Å². The van der Waals surface area contributed by atoms with Crippen molar-refractivity contribution in [2.45, 2.75) is 43.9 Å². The molecular formula is C12H19N5O2. The molecule has 0 aromatic carbocycles. The van der Waals surface area contributed by atoms with Gasteiger partial charge in [-0.2, -0.15) is 0 Å². The number of aromatic nitrogens is 3. The first-order valence-electron chi connectivity index (χ1n) is 6.85. The monoisotopic (exact) mass is 265 g/mol. The maximum Gasteiger partial charge on any atom is 0.273 e. The van der Waals surface area contributed by atoms with Gasteiger partial charge in [0.15, 0.2) is 5.69 Å². The molecule has 104 valence electrons. The first kappa shape index (κ1) is 12.6. The van der Waals surface area contributed by atoms with Crippen LogP contribution in [0.3, 0.4) is 0 Å². The van der Waals surface area contributed by atoms with E-state index in [0.717, 1.165) is 38.8 Å². The number of carbonyl (C=O) groups is 1. The van der Waals surface area contributed by atoms with E-state index < -0.39 is 6.10 Å². The lowest BCUT2D eigenvalue weighted by Crippen LogP contribution is -2.45. The lowest BCUT2D eigenvalue weighted by atomic mass is 9.92. The van der Waals surface area contributed by atoms with Gasteiger partial charge in [0, 0.05) is 13.1 Å². The highest BCUT2D eigenvalue weighted by molar-refractivity contribution is 5.92. The van der Waals surface area contributed by atoms with Gasteiger partial charge in [-0.1, -0.05) is 18.1 Å². The number of aliphatic hydroxyl groups is 1. The van der Waals surface area contributed by atoms with Gasteiger partial charge in [-0.05, 0) is 12.8 Å². The van der Waals surface area contributed by atoms with Crippen molar-refractivity contribution >= 4 is 5.91 Å². The van der Waals surface area contributed by atoms with E-state index in [1.54, 1.807) is 10.9 Å². The fourth-order valence-electron chi connectivity index (χ4n) is 2.54. The summed E-state index contributed by atoms with van der Waals surface area (Å²) in [4.78, 5) is 12.0. The smallest absolute Gasteiger partial charge is 0.273 e. The molecule has 0 radical (unpaired) electrons. The second-order valence-electron chi connectivity index (χ2n) is 5.33. The summed E-state index contributed by atoms with van der Waals surface area (Å²) in [5, 5.41) is 23.7. The molecule has 7 nitrogen and oxygen atoms in total. The van der Waals surface area contributed by atoms with Gasteiger partial charge in [-0.25, -0.2) is 4.68 Å². The summed E-state index contributed by atoms with van der Waals surface area (Å²) in [5.74, 6) is -0.246. The molecule has 7 heteroatoms. The minimum atomic E-state index is -0.441. The largest absolute Gasteiger partial charge is 0.391 e. The summed E-state index contributed by atoms with van der Waals surface area (Å²) in [6.45, 7) is 1.73. The van der Waals surface area contributed by atoms with Crippen molar-refractivity contribution in [3.63, 3.8) is 0 Å². The number of carbonyl (C=O) groups excluding carboxylic acids is 1. The van der Waals surface area contributed by atoms with Gasteiger partial charge in [0.2, 0.25) is 0 Å². The van der Waals surface area contributed by atoms with Crippen molar-refractivity contribution in [1.82, 2.24) is 25.6 Å². The molecule has 0 spiro atoms. The van der Waals surface area contributed by atoms with E-state index in [9.17, 15) is 9.90 Å². The Balaban J connectivity index is 1.61. The Labute approximate surface area is 111 Å². The summed E-state index contributed by atoms with van der Waals surface area (Å²) >= 11 is 0. The summed E-state index contributed by atoms with van der Waals surface area (Å²) in [6.07, 6.45) is 4.89. The molecule has 1 aliphatic heterocycles. The topological polar surface area (TPSA) is 92.1 Å². The van der Waals surface area contributed by atoms with Gasteiger partial charge in [0.25, 0.3) is 5.91 Å². The van der Waals surface area contributed by atoms with Crippen LogP contribution in [-0.2, 0) is 0 Å². The Hall–Kier alpha value is -1.47. The van der Waals surface area contributed by atoms with Crippen LogP contribution in [0.25, 0.3) is 0 Å². The number of aliphatic hydroxyl groups excluding tert-OH is 1. The third-order valence-corrected chi connectivity index (χ3v) is 3.92. The molecule has 1 aromatic heterocycles. The molecule has 1 amide bonds. The Bertz CT molecular complexity index is 457. The Morgan fingerprint density at radius 2 is 2.21 bits per heavy atom. The van der Waals surface area contributed by atoms with E-state index >= 15 is 0 Å². The highest BCUT2D eigenvalue weighted by Crippen LogP contribution is 2.18. The van der Waals surface area contributed by atoms with Crippen molar-refractivity contribution < 1.29 is 9.90 Å². The van der Waals surface area contributed by atoms with Crippen LogP contribution in [0, 0.1) is 0 Å². The molecule has 2 fully saturated rings. The molecule has 0 unspecified atom stereocenters. The third-order valence-electron chi connectivity index (χ3n) is 3.92. The minimum Gasteiger partial charge on any atom is -0.391 e. The van der Waals surface area contributed by atoms with Gasteiger partial charge in [-0.3, -0.25) is 4.79 Å². The zero-order chi connectivity index (χ0) is 13.2. The van der Waals surface area contributed by atoms with E-state index in [4.69, 9.17) is 0 Å². The van der Waals surface area contributed by atoms with Crippen molar-refractivity contribution in [2.24, 2.45) is 0 Å². The summed E-state index contributed by atoms with van der Waals surface area (Å²) in [5.41, 5.74) is 0.324. The van der Waals surface area contributed by atoms with Crippen LogP contribution in [0.15, 0.2) is 6.20 Å². The van der Waals surface area contributed by atoms with Crippen LogP contribution in [0.2, 0.25) is 0 Å². The van der Waals surface area contributed by atoms with E-state index in [0.29, 0.717) is 11.7 Å². The highest BCUT2D eigenvalue weighted by Gasteiger charge is 2.26. The second kappa shape index (κ2) is 5.26. The van der Waals surface area contributed by atoms with Crippen molar-refractivity contribution in [3.8, 4) is 0 Å². The zero-order valence-electron chi connectivity index (χ0n) is 10.7. The molecule has 3 rings (SSSR count). The van der Waals surface area contributed by atoms with Crippen LogP contribution in [-0.4, -0.2) is 51.2 Å². The molecule has 0 bridgehead atoms. The molecule has 2 atom stereocenters. The minimum absolute atomic E-state index is 0.156. The average molecular weight is 265 g/mol. The van der Waals surface area contributed by atoms with Crippen molar-refractivity contribution in [3.05, 3.63) is 11.9 Å². The third kappa shape index (κ3) is 2.62. The molecule has 2 aliphatic rings. The maximum atomic E-state index is 12.0. The van der Waals surface area contributed by atoms with Crippen LogP contribution in [0.1, 0.15) is 42.2 Å². The Kier molecular flexibility index (Phi) is 3.48. The first-order chi connectivity index (χ1) is 9.24. The van der Waals surface area contributed by atoms with Gasteiger partial charge in [-0.15, -0.1) is 5.10 Å². The standard InChI is InChI=1S/C12H19N5O2/c18-11-4-2-1-3-9(11)14-12(19)10-7-17(16-15-10)8-5-13-6-8/h7-9,11,13,18H,1-6H2,(H,14,19)/t9-,11-/m0/s1. The predicted molar refractivity (Wildman–Crippen MR) is 67.7 cm³/mol. The van der Waals surface area contributed by atoms with Crippen LogP contribution in [0.4, 0.5) is 0 Å². The molecule has 1 aliphatic carbocycles. The van der Waals surface area contributed by atoms with Crippen LogP contribution < -0.4 is 10.6 Å². The summed E-state index contributed by atoms with van der Waals surface area (Å²) in [6, 6.07) is 0.145. The van der Waals surface area contributed by atoms with Crippen LogP contribution in [0.5, 0.6) is 0 Å². The summed E-state index contributed by atoms with van der Waals surface area (Å²) in [7, 11) is 0. The number of hydrogen-bond donors (Lipinski definition) is 3. The average Bonchev–Trinajstić information content (AvgIpc) is 2.79. The van der Waals surface area contributed by atoms with E-state index in [2.05, 4.69) is 20.9 Å². The summed E-state index contributed by atoms with van der Waals surface area (Å²) < 4.78 is 1.72. The lowest BCUT2D eigenvalue weighted by molar-refractivity contribution is 0.0713. The van der Waals surface area contributed by atoms with Crippen LogP contribution >= 0.6 is 0 Å². The highest BCUT2D eigenvalue weighted by atomic mass is 16.3. The molecule has 1 saturated carbocycles. The molecule has 3 N–H and O–H groups in total. The molecule has 2 heterocycles. The van der Waals surface area contributed by atoms with Gasteiger partial charge >= 0.3 is 0 Å². The Morgan fingerprint density at radius 1 is 1.42 bits per heavy atom. The fraction of sp³-hybridized carbons (Fsp3) is 0.750. The SMILES string of the molecule is O=C(N[C@H]1CCCC[C@@H]1O)c1cn(C2CNC2)nn1. The first-order valence-corrected chi connectivity index (χ1v) is 6.85. The molecule has 19 heavy (non-hydrogen) atoms.